The molecular formula is C16H28Cl2N4O3S. The average molecular weight is 427 g/mol. The van der Waals surface area contributed by atoms with Crippen LogP contribution in [0.4, 0.5) is 5.69 Å². The van der Waals surface area contributed by atoms with Gasteiger partial charge in [-0.05, 0) is 37.6 Å². The van der Waals surface area contributed by atoms with Crippen LogP contribution >= 0.6 is 24.8 Å². The topological polar surface area (TPSA) is 90.5 Å². The first-order valence-corrected chi connectivity index (χ1v) is 9.68. The molecule has 0 aromatic heterocycles. The number of carbonyl (C=O) groups is 1. The fourth-order valence-corrected chi connectivity index (χ4v) is 3.72. The molecule has 150 valence electrons. The van der Waals surface area contributed by atoms with Crippen molar-refractivity contribution in [3.8, 4) is 0 Å². The van der Waals surface area contributed by atoms with Crippen LogP contribution in [0.25, 0.3) is 0 Å². The molecule has 1 fully saturated rings. The number of hydrogen-bond donors (Lipinski definition) is 3. The van der Waals surface area contributed by atoms with Gasteiger partial charge >= 0.3 is 0 Å². The Morgan fingerprint density at radius 2 is 1.88 bits per heavy atom. The lowest BCUT2D eigenvalue weighted by atomic mass is 10.2. The predicted molar refractivity (Wildman–Crippen MR) is 109 cm³/mol. The van der Waals surface area contributed by atoms with Gasteiger partial charge in [-0.25, -0.2) is 13.1 Å². The number of aryl methyl sites for hydroxylation is 1. The fraction of sp³-hybridized carbons (Fsp3) is 0.562. The Labute approximate surface area is 168 Å². The summed E-state index contributed by atoms with van der Waals surface area (Å²) < 4.78 is 27.4. The van der Waals surface area contributed by atoms with Crippen LogP contribution in [0, 0.1) is 6.92 Å². The fourth-order valence-electron chi connectivity index (χ4n) is 2.62. The Bertz CT molecular complexity index is 680. The van der Waals surface area contributed by atoms with Gasteiger partial charge in [-0.2, -0.15) is 0 Å². The van der Waals surface area contributed by atoms with E-state index in [-0.39, 0.29) is 35.6 Å². The third-order valence-corrected chi connectivity index (χ3v) is 5.44. The van der Waals surface area contributed by atoms with Crippen LogP contribution in [0.1, 0.15) is 18.9 Å². The Balaban J connectivity index is 0.00000312. The molecule has 10 heteroatoms. The number of piperazine rings is 1. The molecule has 2 rings (SSSR count). The minimum Gasteiger partial charge on any atom is -0.326 e. The highest BCUT2D eigenvalue weighted by Crippen LogP contribution is 2.20. The summed E-state index contributed by atoms with van der Waals surface area (Å²) in [5.41, 5.74) is 1.34. The molecule has 0 radical (unpaired) electrons. The van der Waals surface area contributed by atoms with Gasteiger partial charge in [0, 0.05) is 45.3 Å². The van der Waals surface area contributed by atoms with Crippen molar-refractivity contribution in [2.75, 3.05) is 44.6 Å². The van der Waals surface area contributed by atoms with Crippen LogP contribution in [0.15, 0.2) is 23.1 Å². The molecule has 1 saturated heterocycles. The molecule has 0 saturated carbocycles. The summed E-state index contributed by atoms with van der Waals surface area (Å²) in [4.78, 5) is 13.7. The van der Waals surface area contributed by atoms with Gasteiger partial charge < -0.3 is 15.5 Å². The molecule has 1 aromatic rings. The molecule has 0 spiro atoms. The smallest absolute Gasteiger partial charge is 0.240 e. The quantitative estimate of drug-likeness (QED) is 0.572. The van der Waals surface area contributed by atoms with Crippen molar-refractivity contribution in [1.29, 1.82) is 0 Å². The number of carbonyl (C=O) groups excluding carboxylic acids is 1. The largest absolute Gasteiger partial charge is 0.326 e. The van der Waals surface area contributed by atoms with Crippen molar-refractivity contribution in [2.45, 2.75) is 25.2 Å². The molecule has 26 heavy (non-hydrogen) atoms. The number of sulfonamides is 1. The minimum atomic E-state index is -3.57. The Morgan fingerprint density at radius 3 is 2.50 bits per heavy atom. The van der Waals surface area contributed by atoms with E-state index in [2.05, 4.69) is 20.3 Å². The molecule has 0 atom stereocenters. The molecule has 1 aliphatic heterocycles. The maximum atomic E-state index is 12.4. The van der Waals surface area contributed by atoms with Crippen LogP contribution in [-0.4, -0.2) is 58.5 Å². The number of rotatable bonds is 7. The normalized spacial score (nSPS) is 14.8. The second-order valence-corrected chi connectivity index (χ2v) is 7.77. The van der Waals surface area contributed by atoms with E-state index in [1.165, 1.54) is 13.0 Å². The standard InChI is InChI=1S/C16H26N4O3S.2ClH/c1-13-4-5-15(12-16(13)19-14(2)21)24(22,23)18-6-3-9-20-10-7-17-8-11-20;;/h4-5,12,17-18H,3,6-11H2,1-2H3,(H,19,21);2*1H. The molecular weight excluding hydrogens is 399 g/mol. The van der Waals surface area contributed by atoms with E-state index >= 15 is 0 Å². The molecule has 1 amide bonds. The number of amides is 1. The van der Waals surface area contributed by atoms with E-state index in [1.54, 1.807) is 12.1 Å². The Morgan fingerprint density at radius 1 is 1.23 bits per heavy atom. The molecule has 0 aliphatic carbocycles. The zero-order chi connectivity index (χ0) is 17.6. The first-order chi connectivity index (χ1) is 11.4. The lowest BCUT2D eigenvalue weighted by Crippen LogP contribution is -2.44. The molecule has 0 bridgehead atoms. The highest BCUT2D eigenvalue weighted by atomic mass is 35.5. The van der Waals surface area contributed by atoms with Gasteiger partial charge in [0.2, 0.25) is 15.9 Å². The van der Waals surface area contributed by atoms with E-state index in [1.807, 2.05) is 6.92 Å². The van der Waals surface area contributed by atoms with Crippen molar-refractivity contribution < 1.29 is 13.2 Å². The maximum Gasteiger partial charge on any atom is 0.240 e. The first-order valence-electron chi connectivity index (χ1n) is 8.19. The number of nitrogens with zero attached hydrogens (tertiary/aromatic N) is 1. The third-order valence-electron chi connectivity index (χ3n) is 3.98. The zero-order valence-electron chi connectivity index (χ0n) is 15.1. The van der Waals surface area contributed by atoms with E-state index in [4.69, 9.17) is 0 Å². The Hall–Kier alpha value is -0.900. The van der Waals surface area contributed by atoms with Gasteiger partial charge in [-0.15, -0.1) is 24.8 Å². The molecule has 1 aromatic carbocycles. The molecule has 3 N–H and O–H groups in total. The van der Waals surface area contributed by atoms with Crippen LogP contribution < -0.4 is 15.4 Å². The van der Waals surface area contributed by atoms with Crippen LogP contribution in [0.3, 0.4) is 0 Å². The number of halogens is 2. The zero-order valence-corrected chi connectivity index (χ0v) is 17.5. The SMILES string of the molecule is CC(=O)Nc1cc(S(=O)(=O)NCCCN2CCNCC2)ccc1C.Cl.Cl. The van der Waals surface area contributed by atoms with Crippen molar-refractivity contribution in [2.24, 2.45) is 0 Å². The highest BCUT2D eigenvalue weighted by Gasteiger charge is 2.16. The van der Waals surface area contributed by atoms with E-state index in [0.717, 1.165) is 44.7 Å². The van der Waals surface area contributed by atoms with Crippen LogP contribution in [-0.2, 0) is 14.8 Å². The van der Waals surface area contributed by atoms with E-state index in [0.29, 0.717) is 12.2 Å². The van der Waals surface area contributed by atoms with Gasteiger partial charge in [0.1, 0.15) is 0 Å². The summed E-state index contributed by atoms with van der Waals surface area (Å²) >= 11 is 0. The molecule has 7 nitrogen and oxygen atoms in total. The van der Waals surface area contributed by atoms with Gasteiger partial charge in [-0.3, -0.25) is 4.79 Å². The van der Waals surface area contributed by atoms with Crippen molar-refractivity contribution >= 4 is 46.4 Å². The van der Waals surface area contributed by atoms with Crippen molar-refractivity contribution in [1.82, 2.24) is 14.9 Å². The second-order valence-electron chi connectivity index (χ2n) is 6.00. The predicted octanol–water partition coefficient (Wildman–Crippen LogP) is 1.37. The average Bonchev–Trinajstić information content (AvgIpc) is 2.54. The minimum absolute atomic E-state index is 0. The lowest BCUT2D eigenvalue weighted by molar-refractivity contribution is -0.114. The van der Waals surface area contributed by atoms with Gasteiger partial charge in [0.15, 0.2) is 0 Å². The van der Waals surface area contributed by atoms with Gasteiger partial charge in [0.25, 0.3) is 0 Å². The number of anilines is 1. The van der Waals surface area contributed by atoms with Crippen LogP contribution in [0.2, 0.25) is 0 Å². The third kappa shape index (κ3) is 7.77. The summed E-state index contributed by atoms with van der Waals surface area (Å²) in [7, 11) is -3.57. The highest BCUT2D eigenvalue weighted by molar-refractivity contribution is 7.89. The van der Waals surface area contributed by atoms with Gasteiger partial charge in [-0.1, -0.05) is 6.07 Å². The van der Waals surface area contributed by atoms with Crippen molar-refractivity contribution in [3.63, 3.8) is 0 Å². The van der Waals surface area contributed by atoms with Gasteiger partial charge in [0.05, 0.1) is 4.90 Å². The summed E-state index contributed by atoms with van der Waals surface area (Å²) in [6.45, 7) is 8.49. The maximum absolute atomic E-state index is 12.4. The van der Waals surface area contributed by atoms with E-state index in [9.17, 15) is 13.2 Å². The lowest BCUT2D eigenvalue weighted by Gasteiger charge is -2.27. The molecule has 1 heterocycles. The Kier molecular flexibility index (Phi) is 11.3. The summed E-state index contributed by atoms with van der Waals surface area (Å²) in [6.07, 6.45) is 0.768. The second kappa shape index (κ2) is 11.7. The molecule has 0 unspecified atom stereocenters. The first kappa shape index (κ1) is 25.1. The van der Waals surface area contributed by atoms with Crippen LogP contribution in [0.5, 0.6) is 0 Å². The number of hydrogen-bond acceptors (Lipinski definition) is 5. The van der Waals surface area contributed by atoms with Crippen molar-refractivity contribution in [3.05, 3.63) is 23.8 Å². The summed E-state index contributed by atoms with van der Waals surface area (Å²) in [6, 6.07) is 4.75. The monoisotopic (exact) mass is 426 g/mol. The number of benzene rings is 1. The molecule has 1 aliphatic rings. The number of nitrogens with one attached hydrogen (secondary N) is 3. The summed E-state index contributed by atoms with van der Waals surface area (Å²) in [5, 5.41) is 5.94. The summed E-state index contributed by atoms with van der Waals surface area (Å²) in [5.74, 6) is -0.225. The van der Waals surface area contributed by atoms with E-state index < -0.39 is 10.0 Å².